The van der Waals surface area contributed by atoms with Crippen LogP contribution >= 0.6 is 0 Å². The molecule has 1 fully saturated rings. The van der Waals surface area contributed by atoms with Crippen LogP contribution in [0.25, 0.3) is 0 Å². The molecule has 2 heterocycles. The molecule has 0 spiro atoms. The van der Waals surface area contributed by atoms with Crippen molar-refractivity contribution in [2.45, 2.75) is 51.4 Å². The van der Waals surface area contributed by atoms with Gasteiger partial charge in [0, 0.05) is 24.9 Å². The zero-order valence-corrected chi connectivity index (χ0v) is 9.80. The van der Waals surface area contributed by atoms with E-state index in [-0.39, 0.29) is 0 Å². The van der Waals surface area contributed by atoms with Gasteiger partial charge in [-0.05, 0) is 32.6 Å². The monoisotopic (exact) mass is 224 g/mol. The molecule has 2 rings (SSSR count). The molecule has 4 nitrogen and oxygen atoms in total. The van der Waals surface area contributed by atoms with Crippen molar-refractivity contribution >= 4 is 0 Å². The number of ether oxygens (including phenoxy) is 1. The van der Waals surface area contributed by atoms with Crippen molar-refractivity contribution in [3.05, 3.63) is 18.0 Å². The first-order valence-electron chi connectivity index (χ1n) is 6.08. The van der Waals surface area contributed by atoms with E-state index in [1.807, 2.05) is 10.9 Å². The van der Waals surface area contributed by atoms with Crippen molar-refractivity contribution < 1.29 is 9.84 Å². The second-order valence-corrected chi connectivity index (χ2v) is 4.49. The van der Waals surface area contributed by atoms with E-state index >= 15 is 0 Å². The van der Waals surface area contributed by atoms with Crippen molar-refractivity contribution in [1.82, 2.24) is 9.78 Å². The number of aryl methyl sites for hydroxylation is 1. The summed E-state index contributed by atoms with van der Waals surface area (Å²) in [5, 5.41) is 13.6. The number of hydrogen-bond donors (Lipinski definition) is 1. The normalized spacial score (nSPS) is 22.5. The Morgan fingerprint density at radius 2 is 2.56 bits per heavy atom. The SMILES string of the molecule is CC(O)c1cnn(CCCC2CCCO2)c1. The molecule has 1 N–H and O–H groups in total. The van der Waals surface area contributed by atoms with Gasteiger partial charge in [-0.3, -0.25) is 4.68 Å². The van der Waals surface area contributed by atoms with Crippen LogP contribution in [0.15, 0.2) is 12.4 Å². The zero-order valence-electron chi connectivity index (χ0n) is 9.80. The van der Waals surface area contributed by atoms with Gasteiger partial charge < -0.3 is 9.84 Å². The van der Waals surface area contributed by atoms with Gasteiger partial charge in [0.05, 0.1) is 18.4 Å². The van der Waals surface area contributed by atoms with Gasteiger partial charge >= 0.3 is 0 Å². The summed E-state index contributed by atoms with van der Waals surface area (Å²) in [6.07, 6.45) is 8.31. The van der Waals surface area contributed by atoms with E-state index in [0.717, 1.165) is 31.6 Å². The van der Waals surface area contributed by atoms with Crippen molar-refractivity contribution in [3.8, 4) is 0 Å². The average molecular weight is 224 g/mol. The predicted octanol–water partition coefficient (Wildman–Crippen LogP) is 1.90. The summed E-state index contributed by atoms with van der Waals surface area (Å²) in [7, 11) is 0. The van der Waals surface area contributed by atoms with Gasteiger partial charge in [-0.25, -0.2) is 0 Å². The highest BCUT2D eigenvalue weighted by Crippen LogP contribution is 2.17. The number of aromatic nitrogens is 2. The third kappa shape index (κ3) is 3.06. The molecule has 0 bridgehead atoms. The molecule has 0 aliphatic carbocycles. The second-order valence-electron chi connectivity index (χ2n) is 4.49. The lowest BCUT2D eigenvalue weighted by Gasteiger charge is -2.08. The van der Waals surface area contributed by atoms with Crippen LogP contribution in [0.3, 0.4) is 0 Å². The zero-order chi connectivity index (χ0) is 11.4. The molecule has 0 saturated carbocycles. The number of rotatable bonds is 5. The molecule has 0 radical (unpaired) electrons. The summed E-state index contributed by atoms with van der Waals surface area (Å²) in [6.45, 7) is 3.60. The third-order valence-corrected chi connectivity index (χ3v) is 3.07. The number of aliphatic hydroxyl groups excluding tert-OH is 1. The highest BCUT2D eigenvalue weighted by molar-refractivity contribution is 5.06. The quantitative estimate of drug-likeness (QED) is 0.831. The molecule has 0 aromatic carbocycles. The van der Waals surface area contributed by atoms with Crippen LogP contribution in [0.5, 0.6) is 0 Å². The highest BCUT2D eigenvalue weighted by Gasteiger charge is 2.14. The minimum atomic E-state index is -0.424. The fraction of sp³-hybridized carbons (Fsp3) is 0.750. The molecule has 16 heavy (non-hydrogen) atoms. The first-order chi connectivity index (χ1) is 7.75. The van der Waals surface area contributed by atoms with Crippen LogP contribution in [-0.2, 0) is 11.3 Å². The Bertz CT molecular complexity index is 317. The standard InChI is InChI=1S/C12H20N2O2/c1-10(15)11-8-13-14(9-11)6-2-4-12-5-3-7-16-12/h8-10,12,15H,2-7H2,1H3. The number of nitrogens with zero attached hydrogens (tertiary/aromatic N) is 2. The van der Waals surface area contributed by atoms with Crippen LogP contribution in [0.4, 0.5) is 0 Å². The summed E-state index contributed by atoms with van der Waals surface area (Å²) < 4.78 is 7.46. The van der Waals surface area contributed by atoms with Crippen LogP contribution in [0.1, 0.15) is 44.3 Å². The Labute approximate surface area is 96.2 Å². The van der Waals surface area contributed by atoms with Crippen molar-refractivity contribution in [2.75, 3.05) is 6.61 Å². The lowest BCUT2D eigenvalue weighted by molar-refractivity contribution is 0.101. The van der Waals surface area contributed by atoms with E-state index in [2.05, 4.69) is 5.10 Å². The van der Waals surface area contributed by atoms with Crippen LogP contribution in [0.2, 0.25) is 0 Å². The molecule has 2 atom stereocenters. The van der Waals surface area contributed by atoms with Crippen molar-refractivity contribution in [3.63, 3.8) is 0 Å². The molecule has 1 aliphatic rings. The second kappa shape index (κ2) is 5.46. The van der Waals surface area contributed by atoms with Gasteiger partial charge in [0.2, 0.25) is 0 Å². The Morgan fingerprint density at radius 3 is 3.19 bits per heavy atom. The molecule has 1 aromatic rings. The molecular formula is C12H20N2O2. The smallest absolute Gasteiger partial charge is 0.0792 e. The van der Waals surface area contributed by atoms with E-state index in [0.29, 0.717) is 6.10 Å². The predicted molar refractivity (Wildman–Crippen MR) is 61.1 cm³/mol. The van der Waals surface area contributed by atoms with E-state index in [4.69, 9.17) is 4.74 Å². The number of aliphatic hydroxyl groups is 1. The van der Waals surface area contributed by atoms with Gasteiger partial charge in [-0.1, -0.05) is 0 Å². The third-order valence-electron chi connectivity index (χ3n) is 3.07. The minimum absolute atomic E-state index is 0.424. The molecule has 1 saturated heterocycles. The van der Waals surface area contributed by atoms with Gasteiger partial charge in [-0.2, -0.15) is 5.10 Å². The summed E-state index contributed by atoms with van der Waals surface area (Å²) in [5.74, 6) is 0. The Morgan fingerprint density at radius 1 is 1.69 bits per heavy atom. The summed E-state index contributed by atoms with van der Waals surface area (Å²) in [4.78, 5) is 0. The Hall–Kier alpha value is -0.870. The summed E-state index contributed by atoms with van der Waals surface area (Å²) in [5.41, 5.74) is 0.886. The average Bonchev–Trinajstić information content (AvgIpc) is 2.87. The molecule has 1 aromatic heterocycles. The molecule has 4 heteroatoms. The van der Waals surface area contributed by atoms with Gasteiger partial charge in [0.1, 0.15) is 0 Å². The first-order valence-corrected chi connectivity index (χ1v) is 6.08. The fourth-order valence-corrected chi connectivity index (χ4v) is 2.07. The van der Waals surface area contributed by atoms with Crippen LogP contribution in [0, 0.1) is 0 Å². The summed E-state index contributed by atoms with van der Waals surface area (Å²) >= 11 is 0. The van der Waals surface area contributed by atoms with Gasteiger partial charge in [0.25, 0.3) is 0 Å². The maximum Gasteiger partial charge on any atom is 0.0792 e. The topological polar surface area (TPSA) is 47.3 Å². The van der Waals surface area contributed by atoms with E-state index < -0.39 is 6.10 Å². The largest absolute Gasteiger partial charge is 0.389 e. The van der Waals surface area contributed by atoms with Crippen molar-refractivity contribution in [2.24, 2.45) is 0 Å². The van der Waals surface area contributed by atoms with Crippen LogP contribution in [-0.4, -0.2) is 27.6 Å². The lowest BCUT2D eigenvalue weighted by atomic mass is 10.1. The Balaban J connectivity index is 1.72. The summed E-state index contributed by atoms with van der Waals surface area (Å²) in [6, 6.07) is 0. The molecule has 0 amide bonds. The molecule has 2 unspecified atom stereocenters. The van der Waals surface area contributed by atoms with Crippen molar-refractivity contribution in [1.29, 1.82) is 0 Å². The van der Waals surface area contributed by atoms with Crippen LogP contribution < -0.4 is 0 Å². The minimum Gasteiger partial charge on any atom is -0.389 e. The van der Waals surface area contributed by atoms with Gasteiger partial charge in [0.15, 0.2) is 0 Å². The highest BCUT2D eigenvalue weighted by atomic mass is 16.5. The van der Waals surface area contributed by atoms with E-state index in [9.17, 15) is 5.11 Å². The fourth-order valence-electron chi connectivity index (χ4n) is 2.07. The molecule has 1 aliphatic heterocycles. The lowest BCUT2D eigenvalue weighted by Crippen LogP contribution is -2.07. The maximum absolute atomic E-state index is 9.36. The Kier molecular flexibility index (Phi) is 3.96. The number of hydrogen-bond acceptors (Lipinski definition) is 3. The molecular weight excluding hydrogens is 204 g/mol. The van der Waals surface area contributed by atoms with E-state index in [1.54, 1.807) is 13.1 Å². The first kappa shape index (κ1) is 11.6. The van der Waals surface area contributed by atoms with E-state index in [1.165, 1.54) is 12.8 Å². The molecule has 90 valence electrons. The van der Waals surface area contributed by atoms with Gasteiger partial charge in [-0.15, -0.1) is 0 Å². The maximum atomic E-state index is 9.36.